The number of hydrogen-bond acceptors (Lipinski definition) is 1. The minimum Gasteiger partial charge on any atom is -0.327 e. The van der Waals surface area contributed by atoms with E-state index in [2.05, 4.69) is 6.92 Å². The Hall–Kier alpha value is -0.0400. The molecule has 2 fully saturated rings. The van der Waals surface area contributed by atoms with Crippen molar-refractivity contribution in [1.29, 1.82) is 0 Å². The van der Waals surface area contributed by atoms with Crippen molar-refractivity contribution in [1.82, 2.24) is 0 Å². The van der Waals surface area contributed by atoms with Gasteiger partial charge in [-0.2, -0.15) is 0 Å². The lowest BCUT2D eigenvalue weighted by Crippen LogP contribution is -2.34. The van der Waals surface area contributed by atoms with E-state index in [4.69, 9.17) is 5.73 Å². The lowest BCUT2D eigenvalue weighted by molar-refractivity contribution is 0.216. The van der Waals surface area contributed by atoms with Gasteiger partial charge in [-0.3, -0.25) is 0 Å². The number of rotatable bonds is 5. The first-order chi connectivity index (χ1) is 8.29. The molecule has 2 rings (SSSR count). The molecule has 0 aromatic rings. The fourth-order valence-corrected chi connectivity index (χ4v) is 4.14. The average molecular weight is 237 g/mol. The maximum absolute atomic E-state index is 6.45. The summed E-state index contributed by atoms with van der Waals surface area (Å²) in [4.78, 5) is 0. The molecule has 0 radical (unpaired) electrons. The van der Waals surface area contributed by atoms with Crippen molar-refractivity contribution in [3.8, 4) is 0 Å². The molecule has 0 heterocycles. The largest absolute Gasteiger partial charge is 0.327 e. The highest BCUT2D eigenvalue weighted by Crippen LogP contribution is 2.36. The third-order valence-electron chi connectivity index (χ3n) is 5.27. The van der Waals surface area contributed by atoms with E-state index in [1.165, 1.54) is 70.6 Å². The number of nitrogens with two attached hydrogens (primary N) is 1. The average Bonchev–Trinajstić information content (AvgIpc) is 2.83. The zero-order chi connectivity index (χ0) is 12.1. The highest BCUT2D eigenvalue weighted by Gasteiger charge is 2.27. The van der Waals surface area contributed by atoms with Crippen LogP contribution in [0.1, 0.15) is 77.6 Å². The maximum Gasteiger partial charge on any atom is 0.00698 e. The zero-order valence-electron chi connectivity index (χ0n) is 11.7. The Kier molecular flexibility index (Phi) is 5.34. The smallest absolute Gasteiger partial charge is 0.00698 e. The summed E-state index contributed by atoms with van der Waals surface area (Å²) in [7, 11) is 0. The molecule has 0 aromatic carbocycles. The van der Waals surface area contributed by atoms with Gasteiger partial charge in [0.2, 0.25) is 0 Å². The Morgan fingerprint density at radius 3 is 2.18 bits per heavy atom. The standard InChI is InChI=1S/C16H31N/c1-2-5-13-8-10-15(11-9-13)16(17)12-14-6-3-4-7-14/h13-16H,2-12,17H2,1H3. The molecule has 2 saturated carbocycles. The van der Waals surface area contributed by atoms with Crippen LogP contribution in [-0.4, -0.2) is 6.04 Å². The Morgan fingerprint density at radius 1 is 0.941 bits per heavy atom. The van der Waals surface area contributed by atoms with Crippen molar-refractivity contribution in [2.45, 2.75) is 83.6 Å². The molecule has 2 N–H and O–H groups in total. The second-order valence-electron chi connectivity index (χ2n) is 6.62. The normalized spacial score (nSPS) is 32.8. The van der Waals surface area contributed by atoms with Gasteiger partial charge in [0.1, 0.15) is 0 Å². The van der Waals surface area contributed by atoms with Gasteiger partial charge < -0.3 is 5.73 Å². The van der Waals surface area contributed by atoms with E-state index < -0.39 is 0 Å². The summed E-state index contributed by atoms with van der Waals surface area (Å²) >= 11 is 0. The van der Waals surface area contributed by atoms with E-state index in [0.29, 0.717) is 6.04 Å². The van der Waals surface area contributed by atoms with E-state index in [1.807, 2.05) is 0 Å². The van der Waals surface area contributed by atoms with Crippen LogP contribution >= 0.6 is 0 Å². The molecule has 0 bridgehead atoms. The summed E-state index contributed by atoms with van der Waals surface area (Å²) in [6.45, 7) is 2.32. The topological polar surface area (TPSA) is 26.0 Å². The summed E-state index contributed by atoms with van der Waals surface area (Å²) in [5, 5.41) is 0. The minimum absolute atomic E-state index is 0.515. The van der Waals surface area contributed by atoms with Gasteiger partial charge in [-0.05, 0) is 37.0 Å². The molecule has 100 valence electrons. The van der Waals surface area contributed by atoms with E-state index >= 15 is 0 Å². The van der Waals surface area contributed by atoms with Crippen LogP contribution in [0.15, 0.2) is 0 Å². The van der Waals surface area contributed by atoms with Crippen LogP contribution in [0.25, 0.3) is 0 Å². The van der Waals surface area contributed by atoms with Crippen LogP contribution in [0, 0.1) is 17.8 Å². The Labute approximate surface area is 108 Å². The first-order valence-electron chi connectivity index (χ1n) is 8.05. The molecule has 1 unspecified atom stereocenters. The molecule has 2 aliphatic rings. The van der Waals surface area contributed by atoms with Crippen LogP contribution < -0.4 is 5.73 Å². The van der Waals surface area contributed by atoms with E-state index in [1.54, 1.807) is 0 Å². The van der Waals surface area contributed by atoms with Gasteiger partial charge in [-0.15, -0.1) is 0 Å². The van der Waals surface area contributed by atoms with Gasteiger partial charge in [-0.25, -0.2) is 0 Å². The van der Waals surface area contributed by atoms with Gasteiger partial charge >= 0.3 is 0 Å². The molecular formula is C16H31N. The van der Waals surface area contributed by atoms with Gasteiger partial charge in [0.15, 0.2) is 0 Å². The van der Waals surface area contributed by atoms with Crippen molar-refractivity contribution in [3.05, 3.63) is 0 Å². The molecule has 1 heteroatoms. The van der Waals surface area contributed by atoms with Crippen molar-refractivity contribution in [3.63, 3.8) is 0 Å². The Morgan fingerprint density at radius 2 is 1.59 bits per heavy atom. The predicted octanol–water partition coefficient (Wildman–Crippen LogP) is 4.50. The molecule has 0 aromatic heterocycles. The molecule has 17 heavy (non-hydrogen) atoms. The molecule has 2 aliphatic carbocycles. The second-order valence-corrected chi connectivity index (χ2v) is 6.62. The molecule has 0 saturated heterocycles. The first kappa shape index (κ1) is 13.4. The van der Waals surface area contributed by atoms with Gasteiger partial charge in [0.05, 0.1) is 0 Å². The molecule has 0 spiro atoms. The van der Waals surface area contributed by atoms with Crippen LogP contribution in [0.2, 0.25) is 0 Å². The summed E-state index contributed by atoms with van der Waals surface area (Å²) in [5.74, 6) is 2.84. The Bertz CT molecular complexity index is 200. The third-order valence-corrected chi connectivity index (χ3v) is 5.27. The fraction of sp³-hybridized carbons (Fsp3) is 1.00. The highest BCUT2D eigenvalue weighted by atomic mass is 14.7. The van der Waals surface area contributed by atoms with E-state index in [0.717, 1.165) is 17.8 Å². The molecule has 0 aliphatic heterocycles. The van der Waals surface area contributed by atoms with Gasteiger partial charge in [0, 0.05) is 6.04 Å². The molecular weight excluding hydrogens is 206 g/mol. The van der Waals surface area contributed by atoms with Crippen LogP contribution in [0.5, 0.6) is 0 Å². The minimum atomic E-state index is 0.515. The zero-order valence-corrected chi connectivity index (χ0v) is 11.7. The molecule has 0 amide bonds. The van der Waals surface area contributed by atoms with Crippen LogP contribution in [0.3, 0.4) is 0 Å². The van der Waals surface area contributed by atoms with E-state index in [9.17, 15) is 0 Å². The summed E-state index contributed by atoms with van der Waals surface area (Å²) in [6, 6.07) is 0.515. The quantitative estimate of drug-likeness (QED) is 0.748. The summed E-state index contributed by atoms with van der Waals surface area (Å²) < 4.78 is 0. The monoisotopic (exact) mass is 237 g/mol. The lowest BCUT2D eigenvalue weighted by Gasteiger charge is -2.33. The number of hydrogen-bond donors (Lipinski definition) is 1. The lowest BCUT2D eigenvalue weighted by atomic mass is 9.75. The van der Waals surface area contributed by atoms with Crippen LogP contribution in [0.4, 0.5) is 0 Å². The Balaban J connectivity index is 1.68. The summed E-state index contributed by atoms with van der Waals surface area (Å²) in [6.07, 6.45) is 15.7. The fourth-order valence-electron chi connectivity index (χ4n) is 4.14. The summed E-state index contributed by atoms with van der Waals surface area (Å²) in [5.41, 5.74) is 6.45. The van der Waals surface area contributed by atoms with E-state index in [-0.39, 0.29) is 0 Å². The highest BCUT2D eigenvalue weighted by molar-refractivity contribution is 4.82. The van der Waals surface area contributed by atoms with Gasteiger partial charge in [-0.1, -0.05) is 58.3 Å². The molecule has 1 nitrogen and oxygen atoms in total. The SMILES string of the molecule is CCCC1CCC(C(N)CC2CCCC2)CC1. The first-order valence-corrected chi connectivity index (χ1v) is 8.05. The maximum atomic E-state index is 6.45. The van der Waals surface area contributed by atoms with Crippen molar-refractivity contribution in [2.75, 3.05) is 0 Å². The molecule has 1 atom stereocenters. The predicted molar refractivity (Wildman–Crippen MR) is 74.9 cm³/mol. The van der Waals surface area contributed by atoms with Crippen molar-refractivity contribution >= 4 is 0 Å². The van der Waals surface area contributed by atoms with Gasteiger partial charge in [0.25, 0.3) is 0 Å². The second kappa shape index (κ2) is 6.78. The van der Waals surface area contributed by atoms with Crippen molar-refractivity contribution in [2.24, 2.45) is 23.5 Å². The van der Waals surface area contributed by atoms with Crippen molar-refractivity contribution < 1.29 is 0 Å². The van der Waals surface area contributed by atoms with Crippen LogP contribution in [-0.2, 0) is 0 Å². The third kappa shape index (κ3) is 3.98.